The number of nitrogens with zero attached hydrogens (tertiary/aromatic N) is 3. The maximum absolute atomic E-state index is 9.41. The smallest absolute Gasteiger partial charge is 0.241 e. The summed E-state index contributed by atoms with van der Waals surface area (Å²) in [6.07, 6.45) is 4.24. The summed E-state index contributed by atoms with van der Waals surface area (Å²) in [7, 11) is 0. The maximum Gasteiger partial charge on any atom is 0.241 e. The van der Waals surface area contributed by atoms with Gasteiger partial charge in [0.25, 0.3) is 0 Å². The van der Waals surface area contributed by atoms with E-state index >= 15 is 0 Å². The largest absolute Gasteiger partial charge is 0.545 e. The molecule has 3 aromatic rings. The van der Waals surface area contributed by atoms with Crippen LogP contribution in [0.3, 0.4) is 0 Å². The van der Waals surface area contributed by atoms with Gasteiger partial charge in [-0.05, 0) is 30.4 Å². The quantitative estimate of drug-likeness (QED) is 0.570. The Balaban J connectivity index is 0.000000260. The van der Waals surface area contributed by atoms with Crippen molar-refractivity contribution < 1.29 is 24.5 Å². The number of hydrogen-bond donors (Lipinski definition) is 0. The summed E-state index contributed by atoms with van der Waals surface area (Å²) in [5, 5.41) is 28.8. The van der Waals surface area contributed by atoms with Gasteiger partial charge in [0.1, 0.15) is 6.61 Å². The summed E-state index contributed by atoms with van der Waals surface area (Å²) in [6, 6.07) is 13.6. The van der Waals surface area contributed by atoms with Crippen LogP contribution in [0.15, 0.2) is 67.0 Å². The van der Waals surface area contributed by atoms with Gasteiger partial charge in [-0.2, -0.15) is 5.10 Å². The van der Waals surface area contributed by atoms with Gasteiger partial charge in [-0.15, -0.1) is 5.10 Å². The average molecular weight is 351 g/mol. The number of pyridine rings is 1. The fourth-order valence-electron chi connectivity index (χ4n) is 1.87. The first-order valence-corrected chi connectivity index (χ1v) is 7.39. The number of aliphatic carboxylic acids is 2. The normalized spacial score (nSPS) is 10.2. The second-order valence-electron chi connectivity index (χ2n) is 4.82. The molecule has 2 aromatic heterocycles. The minimum absolute atomic E-state index is 0.384. The fraction of sp³-hybridized carbons (Fsp3) is 0.0556. The highest BCUT2D eigenvalue weighted by Crippen LogP contribution is 2.21. The van der Waals surface area contributed by atoms with Crippen LogP contribution in [0.5, 0.6) is 5.88 Å². The lowest BCUT2D eigenvalue weighted by atomic mass is 10.2. The van der Waals surface area contributed by atoms with E-state index in [0.29, 0.717) is 24.6 Å². The number of hydrogen-bond acceptors (Lipinski definition) is 8. The molecular weight excluding hydrogens is 338 g/mol. The van der Waals surface area contributed by atoms with Gasteiger partial charge < -0.3 is 24.5 Å². The molecule has 2 heterocycles. The van der Waals surface area contributed by atoms with Crippen molar-refractivity contribution in [3.63, 3.8) is 0 Å². The molecular formula is C18H13N3O5-2. The molecule has 0 amide bonds. The van der Waals surface area contributed by atoms with E-state index < -0.39 is 11.9 Å². The second kappa shape index (κ2) is 9.48. The third kappa shape index (κ3) is 6.00. The monoisotopic (exact) mass is 351 g/mol. The van der Waals surface area contributed by atoms with Crippen LogP contribution in [0, 0.1) is 0 Å². The molecule has 3 rings (SSSR count). The molecule has 8 nitrogen and oxygen atoms in total. The zero-order valence-electron chi connectivity index (χ0n) is 13.4. The Kier molecular flexibility index (Phi) is 6.75. The number of carboxylic acids is 2. The Hall–Kier alpha value is -3.81. The van der Waals surface area contributed by atoms with Gasteiger partial charge in [-0.25, -0.2) is 0 Å². The molecule has 0 fully saturated rings. The molecule has 0 aliphatic heterocycles. The summed E-state index contributed by atoms with van der Waals surface area (Å²) in [4.78, 5) is 23.0. The topological polar surface area (TPSA) is 128 Å². The van der Waals surface area contributed by atoms with Crippen molar-refractivity contribution in [1.82, 2.24) is 15.2 Å². The molecule has 0 radical (unpaired) electrons. The van der Waals surface area contributed by atoms with Gasteiger partial charge >= 0.3 is 0 Å². The second-order valence-corrected chi connectivity index (χ2v) is 4.82. The Morgan fingerprint density at radius 2 is 1.69 bits per heavy atom. The van der Waals surface area contributed by atoms with Gasteiger partial charge in [-0.1, -0.05) is 24.3 Å². The molecule has 0 aliphatic rings. The zero-order valence-corrected chi connectivity index (χ0v) is 13.4. The van der Waals surface area contributed by atoms with E-state index in [0.717, 1.165) is 16.5 Å². The Bertz CT molecular complexity index is 892. The van der Waals surface area contributed by atoms with E-state index in [2.05, 4.69) is 15.2 Å². The summed E-state index contributed by atoms with van der Waals surface area (Å²) >= 11 is 0. The Labute approximate surface area is 148 Å². The number of fused-ring (bicyclic) bond motifs is 1. The molecule has 0 saturated heterocycles. The van der Waals surface area contributed by atoms with Gasteiger partial charge in [0.05, 0.1) is 23.8 Å². The van der Waals surface area contributed by atoms with Crippen LogP contribution in [0.1, 0.15) is 5.69 Å². The highest BCUT2D eigenvalue weighted by Gasteiger charge is 2.04. The van der Waals surface area contributed by atoms with Crippen molar-refractivity contribution >= 4 is 22.7 Å². The molecule has 1 aromatic carbocycles. The molecule has 0 unspecified atom stereocenters. The van der Waals surface area contributed by atoms with E-state index in [1.165, 1.54) is 0 Å². The van der Waals surface area contributed by atoms with Crippen LogP contribution < -0.4 is 14.9 Å². The number of ether oxygens (including phenoxy) is 1. The highest BCUT2D eigenvalue weighted by atomic mass is 16.5. The van der Waals surface area contributed by atoms with Gasteiger partial charge in [0.15, 0.2) is 0 Å². The summed E-state index contributed by atoms with van der Waals surface area (Å²) < 4.78 is 5.67. The summed E-state index contributed by atoms with van der Waals surface area (Å²) in [6.45, 7) is 0.392. The minimum atomic E-state index is -1.55. The molecule has 8 heteroatoms. The van der Waals surface area contributed by atoms with Crippen LogP contribution in [0.2, 0.25) is 0 Å². The molecule has 0 aliphatic carbocycles. The van der Waals surface area contributed by atoms with Crippen molar-refractivity contribution in [3.05, 3.63) is 72.7 Å². The van der Waals surface area contributed by atoms with Crippen LogP contribution in [-0.4, -0.2) is 27.1 Å². The third-order valence-corrected chi connectivity index (χ3v) is 2.97. The van der Waals surface area contributed by atoms with Crippen molar-refractivity contribution in [2.75, 3.05) is 0 Å². The molecule has 0 N–H and O–H groups in total. The van der Waals surface area contributed by atoms with Crippen molar-refractivity contribution in [2.45, 2.75) is 6.61 Å². The molecule has 26 heavy (non-hydrogen) atoms. The van der Waals surface area contributed by atoms with E-state index in [-0.39, 0.29) is 0 Å². The van der Waals surface area contributed by atoms with Crippen molar-refractivity contribution in [3.8, 4) is 5.88 Å². The SMILES string of the molecule is O=C([O-])/C=C\C(=O)[O-].c1ccc(COc2nncc3ccccc23)nc1. The van der Waals surface area contributed by atoms with Crippen molar-refractivity contribution in [1.29, 1.82) is 0 Å². The predicted molar refractivity (Wildman–Crippen MR) is 87.3 cm³/mol. The van der Waals surface area contributed by atoms with E-state index in [1.54, 1.807) is 12.4 Å². The maximum atomic E-state index is 9.41. The standard InChI is InChI=1S/C14H11N3O.C4H4O4/c1-2-7-13-11(5-1)9-16-17-14(13)18-10-12-6-3-4-8-15-12;5-3(6)1-2-4(7)8/h1-9H,10H2;1-2H,(H,5,6)(H,7,8)/p-2/b;2-1-. The van der Waals surface area contributed by atoms with E-state index in [1.807, 2.05) is 42.5 Å². The summed E-state index contributed by atoms with van der Waals surface area (Å²) in [5.41, 5.74) is 0.868. The summed E-state index contributed by atoms with van der Waals surface area (Å²) in [5.74, 6) is -2.55. The number of benzene rings is 1. The lowest BCUT2D eigenvalue weighted by Crippen LogP contribution is -2.23. The predicted octanol–water partition coefficient (Wildman–Crippen LogP) is -0.354. The van der Waals surface area contributed by atoms with Crippen molar-refractivity contribution in [2.24, 2.45) is 0 Å². The molecule has 0 bridgehead atoms. The van der Waals surface area contributed by atoms with Gasteiger partial charge in [-0.3, -0.25) is 4.98 Å². The van der Waals surface area contributed by atoms with Crippen LogP contribution >= 0.6 is 0 Å². The molecule has 0 saturated carbocycles. The van der Waals surface area contributed by atoms with Crippen LogP contribution in [0.25, 0.3) is 10.8 Å². The first kappa shape index (κ1) is 18.5. The highest BCUT2D eigenvalue weighted by molar-refractivity contribution is 5.87. The minimum Gasteiger partial charge on any atom is -0.545 e. The Morgan fingerprint density at radius 1 is 1.00 bits per heavy atom. The van der Waals surface area contributed by atoms with E-state index in [4.69, 9.17) is 4.74 Å². The van der Waals surface area contributed by atoms with E-state index in [9.17, 15) is 19.8 Å². The zero-order chi connectivity index (χ0) is 18.8. The first-order chi connectivity index (χ1) is 12.6. The molecule has 0 atom stereocenters. The molecule has 132 valence electrons. The number of carbonyl (C=O) groups is 2. The first-order valence-electron chi connectivity index (χ1n) is 7.39. The lowest BCUT2D eigenvalue weighted by molar-refractivity contribution is -0.301. The van der Waals surface area contributed by atoms with Crippen LogP contribution in [-0.2, 0) is 16.2 Å². The average Bonchev–Trinajstić information content (AvgIpc) is 2.66. The number of rotatable bonds is 5. The molecule has 0 spiro atoms. The third-order valence-electron chi connectivity index (χ3n) is 2.97. The fourth-order valence-corrected chi connectivity index (χ4v) is 1.87. The lowest BCUT2D eigenvalue weighted by Gasteiger charge is -2.06. The number of carboxylic acid groups (broad SMARTS) is 2. The number of aromatic nitrogens is 3. The van der Waals surface area contributed by atoms with Gasteiger partial charge in [0.2, 0.25) is 5.88 Å². The van der Waals surface area contributed by atoms with Crippen LogP contribution in [0.4, 0.5) is 0 Å². The number of carbonyl (C=O) groups excluding carboxylic acids is 2. The Morgan fingerprint density at radius 3 is 2.35 bits per heavy atom. The van der Waals surface area contributed by atoms with Gasteiger partial charge in [0, 0.05) is 17.0 Å².